The van der Waals surface area contributed by atoms with Gasteiger partial charge in [0.2, 0.25) is 0 Å². The van der Waals surface area contributed by atoms with Gasteiger partial charge < -0.3 is 52.1 Å². The van der Waals surface area contributed by atoms with E-state index in [2.05, 4.69) is 48.5 Å². The Labute approximate surface area is 734 Å². The van der Waals surface area contributed by atoms with E-state index in [0.29, 0.717) is 160 Å². The lowest BCUT2D eigenvalue weighted by Crippen LogP contribution is -2.52. The summed E-state index contributed by atoms with van der Waals surface area (Å²) in [7, 11) is 0.944. The second-order valence-corrected chi connectivity index (χ2v) is 39.7. The Hall–Kier alpha value is -7.26. The summed E-state index contributed by atoms with van der Waals surface area (Å²) in [5.74, 6) is 8.40. The maximum Gasteiger partial charge on any atom is 0.432 e. The zero-order chi connectivity index (χ0) is 84.0. The highest BCUT2D eigenvalue weighted by Crippen LogP contribution is 2.49. The Kier molecular flexibility index (Phi) is 32.2. The zero-order valence-corrected chi connectivity index (χ0v) is 74.6. The van der Waals surface area contributed by atoms with Gasteiger partial charge in [0.25, 0.3) is 5.60 Å². The van der Waals surface area contributed by atoms with E-state index < -0.39 is 23.3 Å². The Morgan fingerprint density at radius 1 is 0.252 bits per heavy atom. The van der Waals surface area contributed by atoms with Gasteiger partial charge in [-0.3, -0.25) is 0 Å². The molecule has 12 nitrogen and oxygen atoms in total. The molecule has 1 atom stereocenters. The van der Waals surface area contributed by atoms with Crippen molar-refractivity contribution in [3.05, 3.63) is 152 Å². The summed E-state index contributed by atoms with van der Waals surface area (Å²) in [5.41, 5.74) is 4.80. The van der Waals surface area contributed by atoms with Gasteiger partial charge in [0.05, 0.1) is 59.5 Å². The number of benzene rings is 6. The molecule has 0 aliphatic heterocycles. The molecule has 0 heterocycles. The second kappa shape index (κ2) is 44.5. The molecule has 9 fully saturated rings. The van der Waals surface area contributed by atoms with Crippen molar-refractivity contribution >= 4 is 5.97 Å². The molecule has 19 aliphatic carbocycles. The van der Waals surface area contributed by atoms with E-state index in [4.69, 9.17) is 52.1 Å². The summed E-state index contributed by atoms with van der Waals surface area (Å²) in [5, 5.41) is 0. The number of ether oxygens (including phenoxy) is 11. The molecule has 9 saturated carbocycles. The van der Waals surface area contributed by atoms with Crippen LogP contribution in [0.5, 0.6) is 57.5 Å². The number of halogens is 3. The van der Waals surface area contributed by atoms with Gasteiger partial charge in [-0.25, -0.2) is 4.79 Å². The number of alkyl halides is 3. The third-order valence-corrected chi connectivity index (χ3v) is 30.3. The molecule has 0 radical (unpaired) electrons. The first-order chi connectivity index (χ1) is 60.4. The topological polar surface area (TPSA) is 119 Å². The standard InChI is InChI=1S/C108H145F3O12/c1-113-107(108(109,110)111,95-50-30-11-31-51-95)106(112)123-105-66-93-55-91-63-100(118-71-80-40-20-6-21-41-80)89(61-101(91)119-72-81-42-22-7-23-43-81)53-87-59-96(114-67-76-32-12-2-13-33-76)85(57-97(87)115-68-77-34-14-3-15-35-77)52-86-58-99(117-70-79-38-18-5-19-39-79)88(60-98(86)116-69-78-36-16-4-17-37-78)54-90-62-103(121-74-83-46-26-9-27-47-83)92(64-102(90)120-73-82-44-24-8-25-45-82)56-94(105)65-104(93)122-75-84-48-28-10-29-49-84/h11,30-31,50-51,57-66,76-84H,2-10,12-29,32-49,52-56,67-75H2,1H3/t107-/m1/s1. The fraction of sp³-hybridized carbons (Fsp3) is 0.657. The highest BCUT2D eigenvalue weighted by atomic mass is 19.4. The van der Waals surface area contributed by atoms with Crippen molar-refractivity contribution in [2.45, 2.75) is 333 Å². The lowest BCUT2D eigenvalue weighted by Gasteiger charge is -2.32. The number of methoxy groups -OCH3 is 1. The largest absolute Gasteiger partial charge is 0.493 e. The lowest BCUT2D eigenvalue weighted by atomic mass is 9.89. The number of carbonyl (C=O) groups is 1. The van der Waals surface area contributed by atoms with Crippen molar-refractivity contribution in [2.24, 2.45) is 53.3 Å². The lowest BCUT2D eigenvalue weighted by molar-refractivity contribution is -0.272. The molecule has 0 N–H and O–H groups in total. The van der Waals surface area contributed by atoms with Crippen LogP contribution in [0.2, 0.25) is 0 Å². The van der Waals surface area contributed by atoms with Crippen LogP contribution in [0.25, 0.3) is 0 Å². The molecule has 0 unspecified atom stereocenters. The molecule has 6 aromatic carbocycles. The van der Waals surface area contributed by atoms with E-state index in [9.17, 15) is 0 Å². The van der Waals surface area contributed by atoms with Crippen LogP contribution in [-0.2, 0) is 47.2 Å². The molecule has 19 aliphatic rings. The van der Waals surface area contributed by atoms with Crippen LogP contribution in [0.3, 0.4) is 0 Å². The fourth-order valence-electron chi connectivity index (χ4n) is 22.5. The van der Waals surface area contributed by atoms with Gasteiger partial charge in [-0.15, -0.1) is 0 Å². The summed E-state index contributed by atoms with van der Waals surface area (Å²) in [6, 6.07) is 29.1. The molecule has 15 heteroatoms. The van der Waals surface area contributed by atoms with Gasteiger partial charge in [0, 0.05) is 100 Å². The van der Waals surface area contributed by atoms with Crippen LogP contribution < -0.4 is 47.4 Å². The molecular weight excluding hydrogens is 1550 g/mol. The molecule has 670 valence electrons. The molecule has 123 heavy (non-hydrogen) atoms. The maximum absolute atomic E-state index is 16.6. The molecule has 6 aromatic rings. The SMILES string of the molecule is CO[C@@](C(=O)Oc1cc2c(OCC3CCCCC3)cc1Cc1cc(OCC3CCCCC3)c(cc1OCC1CCCCC1)Cc1cc(OCC3CCCCC3)c(cc1OCC1CCCCC1)Cc1cc(OCC3CCCCC3)c(cc1OCC1CCCCC1)Cc1cc(OCC3CCCCC3)c(cc1OCC1CCCCC1)C2)(c1ccccc1)C(F)(F)F. The van der Waals surface area contributed by atoms with Gasteiger partial charge >= 0.3 is 12.1 Å². The number of rotatable bonds is 31. The van der Waals surface area contributed by atoms with Gasteiger partial charge in [-0.05, 0) is 229 Å². The van der Waals surface area contributed by atoms with Crippen LogP contribution in [0.4, 0.5) is 13.2 Å². The van der Waals surface area contributed by atoms with Crippen molar-refractivity contribution in [2.75, 3.05) is 66.6 Å². The molecular formula is C108H145F3O12. The monoisotopic (exact) mass is 1690 g/mol. The summed E-state index contributed by atoms with van der Waals surface area (Å²) in [6.07, 6.45) is 48.0. The summed E-state index contributed by atoms with van der Waals surface area (Å²) in [6.45, 7) is 4.89. The first-order valence-corrected chi connectivity index (χ1v) is 49.7. The average Bonchev–Trinajstić information content (AvgIpc) is 1.65. The molecule has 0 saturated heterocycles. The van der Waals surface area contributed by atoms with Crippen LogP contribution >= 0.6 is 0 Å². The Balaban J connectivity index is 0.948. The Bertz CT molecular complexity index is 4250. The van der Waals surface area contributed by atoms with E-state index in [-0.39, 0.29) is 24.5 Å². The van der Waals surface area contributed by atoms with Gasteiger partial charge in [0.15, 0.2) is 0 Å². The number of esters is 1. The highest BCUT2D eigenvalue weighted by molar-refractivity contribution is 5.85. The van der Waals surface area contributed by atoms with Crippen molar-refractivity contribution in [1.29, 1.82) is 0 Å². The van der Waals surface area contributed by atoms with Gasteiger partial charge in [0.1, 0.15) is 57.5 Å². The van der Waals surface area contributed by atoms with E-state index in [1.807, 2.05) is 6.07 Å². The normalized spacial score (nSPS) is 20.8. The van der Waals surface area contributed by atoms with Crippen molar-refractivity contribution in [3.63, 3.8) is 0 Å². The average molecular weight is 1690 g/mol. The predicted molar refractivity (Wildman–Crippen MR) is 482 cm³/mol. The second-order valence-electron chi connectivity index (χ2n) is 39.7. The van der Waals surface area contributed by atoms with Crippen molar-refractivity contribution < 1.29 is 70.1 Å². The minimum Gasteiger partial charge on any atom is -0.493 e. The van der Waals surface area contributed by atoms with Crippen molar-refractivity contribution in [1.82, 2.24) is 0 Å². The van der Waals surface area contributed by atoms with E-state index >= 15 is 18.0 Å². The maximum atomic E-state index is 16.6. The summed E-state index contributed by atoms with van der Waals surface area (Å²) < 4.78 is 129. The summed E-state index contributed by atoms with van der Waals surface area (Å²) in [4.78, 5) is 15.8. The smallest absolute Gasteiger partial charge is 0.432 e. The van der Waals surface area contributed by atoms with Crippen LogP contribution in [-0.4, -0.2) is 78.7 Å². The molecule has 10 bridgehead atoms. The van der Waals surface area contributed by atoms with Crippen LogP contribution in [0, 0.1) is 53.3 Å². The summed E-state index contributed by atoms with van der Waals surface area (Å²) >= 11 is 0. The Morgan fingerprint density at radius 2 is 0.415 bits per heavy atom. The molecule has 0 aromatic heterocycles. The third-order valence-electron chi connectivity index (χ3n) is 30.3. The van der Waals surface area contributed by atoms with E-state index in [1.165, 1.54) is 133 Å². The minimum absolute atomic E-state index is 0.0412. The Morgan fingerprint density at radius 3 is 0.577 bits per heavy atom. The molecule has 0 amide bonds. The van der Waals surface area contributed by atoms with Crippen LogP contribution in [0.1, 0.15) is 350 Å². The quantitative estimate of drug-likeness (QED) is 0.0304. The number of hydrogen-bond donors (Lipinski definition) is 0. The zero-order valence-electron chi connectivity index (χ0n) is 74.6. The van der Waals surface area contributed by atoms with Crippen LogP contribution in [0.15, 0.2) is 91.0 Å². The van der Waals surface area contributed by atoms with E-state index in [1.54, 1.807) is 12.1 Å². The van der Waals surface area contributed by atoms with Crippen molar-refractivity contribution in [3.8, 4) is 57.5 Å². The minimum atomic E-state index is -5.26. The first kappa shape index (κ1) is 89.1. The number of hydrogen-bond acceptors (Lipinski definition) is 12. The molecule has 0 spiro atoms. The van der Waals surface area contributed by atoms with E-state index in [0.717, 1.165) is 260 Å². The van der Waals surface area contributed by atoms with Gasteiger partial charge in [-0.1, -0.05) is 204 Å². The fourth-order valence-corrected chi connectivity index (χ4v) is 22.5. The molecule has 25 rings (SSSR count). The highest BCUT2D eigenvalue weighted by Gasteiger charge is 2.64. The first-order valence-electron chi connectivity index (χ1n) is 49.7. The number of carbonyl (C=O) groups excluding carboxylic acids is 1. The third kappa shape index (κ3) is 24.2. The predicted octanol–water partition coefficient (Wildman–Crippen LogP) is 27.6. The van der Waals surface area contributed by atoms with Gasteiger partial charge in [-0.2, -0.15) is 13.2 Å².